The quantitative estimate of drug-likeness (QED) is 0.917. The van der Waals surface area contributed by atoms with Crippen LogP contribution in [0.15, 0.2) is 24.3 Å². The minimum atomic E-state index is 0.0900. The first-order valence-corrected chi connectivity index (χ1v) is 7.38. The fraction of sp³-hybridized carbons (Fsp3) is 0.562. The van der Waals surface area contributed by atoms with Gasteiger partial charge in [-0.15, -0.1) is 0 Å². The minimum Gasteiger partial charge on any atom is -0.494 e. The van der Waals surface area contributed by atoms with E-state index < -0.39 is 0 Å². The maximum Gasteiger partial charge on any atom is 0.254 e. The average Bonchev–Trinajstić information content (AvgIpc) is 2.43. The third kappa shape index (κ3) is 3.73. The highest BCUT2D eigenvalue weighted by Crippen LogP contribution is 2.17. The molecule has 0 aromatic heterocycles. The Morgan fingerprint density at radius 2 is 2.05 bits per heavy atom. The molecule has 1 N–H and O–H groups in total. The van der Waals surface area contributed by atoms with Gasteiger partial charge in [-0.25, -0.2) is 0 Å². The van der Waals surface area contributed by atoms with E-state index in [0.29, 0.717) is 24.3 Å². The Morgan fingerprint density at radius 1 is 1.35 bits per heavy atom. The second-order valence-corrected chi connectivity index (χ2v) is 5.56. The van der Waals surface area contributed by atoms with Crippen molar-refractivity contribution in [1.82, 2.24) is 10.2 Å². The highest BCUT2D eigenvalue weighted by atomic mass is 16.5. The van der Waals surface area contributed by atoms with Crippen molar-refractivity contribution in [3.05, 3.63) is 29.8 Å². The van der Waals surface area contributed by atoms with Crippen LogP contribution in [-0.2, 0) is 0 Å². The van der Waals surface area contributed by atoms with Crippen LogP contribution < -0.4 is 10.1 Å². The van der Waals surface area contributed by atoms with E-state index in [9.17, 15) is 4.79 Å². The molecule has 0 aliphatic carbocycles. The van der Waals surface area contributed by atoms with Crippen LogP contribution in [0.1, 0.15) is 37.6 Å². The Morgan fingerprint density at radius 3 is 2.70 bits per heavy atom. The molecule has 2 atom stereocenters. The van der Waals surface area contributed by atoms with Gasteiger partial charge in [-0.05, 0) is 38.5 Å². The summed E-state index contributed by atoms with van der Waals surface area (Å²) < 4.78 is 5.59. The van der Waals surface area contributed by atoms with Gasteiger partial charge in [0.1, 0.15) is 5.75 Å². The largest absolute Gasteiger partial charge is 0.494 e. The number of benzene rings is 1. The number of carbonyl (C=O) groups is 1. The molecule has 0 saturated carbocycles. The van der Waals surface area contributed by atoms with Crippen molar-refractivity contribution >= 4 is 5.91 Å². The molecule has 1 aromatic carbocycles. The number of hydrogen-bond acceptors (Lipinski definition) is 3. The summed E-state index contributed by atoms with van der Waals surface area (Å²) in [6.07, 6.45) is 0.963. The molecule has 20 heavy (non-hydrogen) atoms. The van der Waals surface area contributed by atoms with Crippen molar-refractivity contribution in [3.63, 3.8) is 0 Å². The highest BCUT2D eigenvalue weighted by molar-refractivity contribution is 5.94. The molecular formula is C16H24N2O2. The lowest BCUT2D eigenvalue weighted by Gasteiger charge is -2.36. The van der Waals surface area contributed by atoms with E-state index in [1.54, 1.807) is 0 Å². The average molecular weight is 276 g/mol. The lowest BCUT2D eigenvalue weighted by molar-refractivity contribution is 0.0673. The third-order valence-corrected chi connectivity index (χ3v) is 3.40. The van der Waals surface area contributed by atoms with E-state index in [0.717, 1.165) is 25.3 Å². The lowest BCUT2D eigenvalue weighted by atomic mass is 10.1. The number of nitrogens with one attached hydrogen (secondary N) is 1. The van der Waals surface area contributed by atoms with E-state index in [1.807, 2.05) is 29.2 Å². The lowest BCUT2D eigenvalue weighted by Crippen LogP contribution is -2.55. The van der Waals surface area contributed by atoms with Crippen LogP contribution in [-0.4, -0.2) is 42.6 Å². The summed E-state index contributed by atoms with van der Waals surface area (Å²) in [5.74, 6) is 0.862. The van der Waals surface area contributed by atoms with E-state index in [-0.39, 0.29) is 5.91 Å². The van der Waals surface area contributed by atoms with Crippen molar-refractivity contribution in [2.24, 2.45) is 0 Å². The fourth-order valence-corrected chi connectivity index (χ4v) is 2.61. The molecule has 0 spiro atoms. The predicted molar refractivity (Wildman–Crippen MR) is 80.2 cm³/mol. The van der Waals surface area contributed by atoms with Gasteiger partial charge in [0.15, 0.2) is 0 Å². The molecule has 0 bridgehead atoms. The molecule has 2 rings (SSSR count). The zero-order chi connectivity index (χ0) is 14.5. The Hall–Kier alpha value is -1.55. The molecule has 1 saturated heterocycles. The molecule has 1 fully saturated rings. The van der Waals surface area contributed by atoms with Gasteiger partial charge in [0.25, 0.3) is 5.91 Å². The maximum atomic E-state index is 12.6. The number of amides is 1. The molecule has 4 nitrogen and oxygen atoms in total. The van der Waals surface area contributed by atoms with Gasteiger partial charge in [0.2, 0.25) is 0 Å². The SMILES string of the molecule is CCCOc1cccc(C(=O)N2CC(C)NC(C)C2)c1. The van der Waals surface area contributed by atoms with Crippen LogP contribution in [0.25, 0.3) is 0 Å². The van der Waals surface area contributed by atoms with Gasteiger partial charge in [-0.2, -0.15) is 0 Å². The third-order valence-electron chi connectivity index (χ3n) is 3.40. The monoisotopic (exact) mass is 276 g/mol. The van der Waals surface area contributed by atoms with Gasteiger partial charge in [0.05, 0.1) is 6.61 Å². The first kappa shape index (κ1) is 14.9. The van der Waals surface area contributed by atoms with Gasteiger partial charge < -0.3 is 15.0 Å². The van der Waals surface area contributed by atoms with Crippen molar-refractivity contribution < 1.29 is 9.53 Å². The maximum absolute atomic E-state index is 12.6. The Labute approximate surface area is 121 Å². The summed E-state index contributed by atoms with van der Waals surface area (Å²) in [5.41, 5.74) is 0.708. The Kier molecular flexibility index (Phi) is 5.01. The molecule has 1 heterocycles. The number of nitrogens with zero attached hydrogens (tertiary/aromatic N) is 1. The second kappa shape index (κ2) is 6.75. The smallest absolute Gasteiger partial charge is 0.254 e. The first-order valence-electron chi connectivity index (χ1n) is 7.38. The summed E-state index contributed by atoms with van der Waals surface area (Å²) in [4.78, 5) is 14.5. The van der Waals surface area contributed by atoms with Crippen LogP contribution in [0.3, 0.4) is 0 Å². The Balaban J connectivity index is 2.08. The molecule has 110 valence electrons. The molecule has 0 radical (unpaired) electrons. The van der Waals surface area contributed by atoms with Crippen molar-refractivity contribution in [1.29, 1.82) is 0 Å². The van der Waals surface area contributed by atoms with E-state index in [4.69, 9.17) is 4.74 Å². The highest BCUT2D eigenvalue weighted by Gasteiger charge is 2.25. The predicted octanol–water partition coefficient (Wildman–Crippen LogP) is 2.30. The summed E-state index contributed by atoms with van der Waals surface area (Å²) in [6, 6.07) is 8.15. The summed E-state index contributed by atoms with van der Waals surface area (Å²) in [5, 5.41) is 3.44. The van der Waals surface area contributed by atoms with Gasteiger partial charge in [0, 0.05) is 30.7 Å². The summed E-state index contributed by atoms with van der Waals surface area (Å²) >= 11 is 0. The number of rotatable bonds is 4. The van der Waals surface area contributed by atoms with Gasteiger partial charge >= 0.3 is 0 Å². The molecule has 1 aliphatic heterocycles. The van der Waals surface area contributed by atoms with E-state index in [2.05, 4.69) is 26.1 Å². The molecule has 1 aromatic rings. The minimum absolute atomic E-state index is 0.0900. The number of piperazine rings is 1. The van der Waals surface area contributed by atoms with E-state index in [1.165, 1.54) is 0 Å². The van der Waals surface area contributed by atoms with Gasteiger partial charge in [-0.3, -0.25) is 4.79 Å². The van der Waals surface area contributed by atoms with Crippen molar-refractivity contribution in [2.75, 3.05) is 19.7 Å². The number of carbonyl (C=O) groups excluding carboxylic acids is 1. The molecule has 2 unspecified atom stereocenters. The van der Waals surface area contributed by atoms with E-state index >= 15 is 0 Å². The van der Waals surface area contributed by atoms with Crippen LogP contribution >= 0.6 is 0 Å². The normalized spacial score (nSPS) is 22.6. The second-order valence-electron chi connectivity index (χ2n) is 5.56. The number of hydrogen-bond donors (Lipinski definition) is 1. The molecular weight excluding hydrogens is 252 g/mol. The van der Waals surface area contributed by atoms with Gasteiger partial charge in [-0.1, -0.05) is 13.0 Å². The topological polar surface area (TPSA) is 41.6 Å². The molecule has 1 aliphatic rings. The van der Waals surface area contributed by atoms with Crippen molar-refractivity contribution in [2.45, 2.75) is 39.3 Å². The van der Waals surface area contributed by atoms with Crippen LogP contribution in [0.5, 0.6) is 5.75 Å². The standard InChI is InChI=1S/C16H24N2O2/c1-4-8-20-15-7-5-6-14(9-15)16(19)18-10-12(2)17-13(3)11-18/h5-7,9,12-13,17H,4,8,10-11H2,1-3H3. The zero-order valence-electron chi connectivity index (χ0n) is 12.6. The van der Waals surface area contributed by atoms with Crippen molar-refractivity contribution in [3.8, 4) is 5.75 Å². The summed E-state index contributed by atoms with van der Waals surface area (Å²) in [6.45, 7) is 8.47. The number of ether oxygens (including phenoxy) is 1. The van der Waals surface area contributed by atoms with Crippen LogP contribution in [0.4, 0.5) is 0 Å². The summed E-state index contributed by atoms with van der Waals surface area (Å²) in [7, 11) is 0. The zero-order valence-corrected chi connectivity index (χ0v) is 12.6. The Bertz CT molecular complexity index is 452. The molecule has 4 heteroatoms. The van der Waals surface area contributed by atoms with Crippen LogP contribution in [0.2, 0.25) is 0 Å². The van der Waals surface area contributed by atoms with Crippen LogP contribution in [0, 0.1) is 0 Å². The fourth-order valence-electron chi connectivity index (χ4n) is 2.61. The first-order chi connectivity index (χ1) is 9.60. The molecule has 1 amide bonds.